The molecule has 2 aromatic rings. The Morgan fingerprint density at radius 3 is 2.73 bits per heavy atom. The Morgan fingerprint density at radius 1 is 1.33 bits per heavy atom. The molecule has 0 aliphatic heterocycles. The third kappa shape index (κ3) is 4.64. The smallest absolute Gasteiger partial charge is 0.212 e. The largest absolute Gasteiger partial charge is 0.473 e. The summed E-state index contributed by atoms with van der Waals surface area (Å²) < 4.78 is 7.73. The van der Waals surface area contributed by atoms with Crippen molar-refractivity contribution >= 4 is 34.9 Å². The zero-order valence-electron chi connectivity index (χ0n) is 18.9. The quantitative estimate of drug-likeness (QED) is 0.191. The maximum atomic E-state index is 13.4. The van der Waals surface area contributed by atoms with E-state index in [0.29, 0.717) is 30.2 Å². The second kappa shape index (κ2) is 9.81. The first kappa shape index (κ1) is 23.7. The van der Waals surface area contributed by atoms with Crippen molar-refractivity contribution < 1.29 is 14.3 Å². The van der Waals surface area contributed by atoms with E-state index in [-0.39, 0.29) is 46.6 Å². The lowest BCUT2D eigenvalue weighted by atomic mass is 9.82. The minimum Gasteiger partial charge on any atom is -0.473 e. The SMILES string of the molecule is CCC1CCC(=O)C(C(=O)c2ccc(SC)c(COc3cc(C4CC4)nn3C)c2Cl)=C1N=O. The van der Waals surface area contributed by atoms with Crippen molar-refractivity contribution in [1.29, 1.82) is 0 Å². The summed E-state index contributed by atoms with van der Waals surface area (Å²) in [6.45, 7) is 2.06. The van der Waals surface area contributed by atoms with Crippen molar-refractivity contribution in [3.63, 3.8) is 0 Å². The molecule has 1 unspecified atom stereocenters. The fraction of sp³-hybridized carbons (Fsp3) is 0.458. The summed E-state index contributed by atoms with van der Waals surface area (Å²) in [5.74, 6) is 0.0263. The Morgan fingerprint density at radius 2 is 2.09 bits per heavy atom. The summed E-state index contributed by atoms with van der Waals surface area (Å²) in [6.07, 6.45) is 5.59. The zero-order chi connectivity index (χ0) is 23.7. The van der Waals surface area contributed by atoms with Crippen molar-refractivity contribution in [3.05, 3.63) is 56.2 Å². The molecule has 0 amide bonds. The van der Waals surface area contributed by atoms with Gasteiger partial charge in [0.15, 0.2) is 11.6 Å². The van der Waals surface area contributed by atoms with Crippen LogP contribution in [0, 0.1) is 10.8 Å². The summed E-state index contributed by atoms with van der Waals surface area (Å²) >= 11 is 8.20. The van der Waals surface area contributed by atoms with Gasteiger partial charge in [-0.2, -0.15) is 5.10 Å². The molecule has 0 bridgehead atoms. The molecule has 1 fully saturated rings. The van der Waals surface area contributed by atoms with Gasteiger partial charge in [0, 0.05) is 47.4 Å². The Hall–Kier alpha value is -2.45. The van der Waals surface area contributed by atoms with Crippen LogP contribution in [0.3, 0.4) is 0 Å². The van der Waals surface area contributed by atoms with Gasteiger partial charge in [-0.15, -0.1) is 16.7 Å². The number of carbonyl (C=O) groups excluding carboxylic acids is 2. The number of thioether (sulfide) groups is 1. The average molecular weight is 488 g/mol. The number of aryl methyl sites for hydroxylation is 1. The molecule has 1 aromatic carbocycles. The van der Waals surface area contributed by atoms with Crippen LogP contribution in [-0.2, 0) is 18.4 Å². The predicted octanol–water partition coefficient (Wildman–Crippen LogP) is 5.84. The highest BCUT2D eigenvalue weighted by Gasteiger charge is 2.34. The summed E-state index contributed by atoms with van der Waals surface area (Å²) in [4.78, 5) is 38.4. The number of nitrogens with zero attached hydrogens (tertiary/aromatic N) is 3. The number of halogens is 1. The van der Waals surface area contributed by atoms with Crippen LogP contribution in [0.25, 0.3) is 0 Å². The third-order valence-electron chi connectivity index (χ3n) is 6.34. The van der Waals surface area contributed by atoms with Crippen molar-refractivity contribution in [2.75, 3.05) is 6.26 Å². The second-order valence-electron chi connectivity index (χ2n) is 8.45. The van der Waals surface area contributed by atoms with E-state index in [9.17, 15) is 14.5 Å². The van der Waals surface area contributed by atoms with E-state index in [1.165, 1.54) is 11.8 Å². The van der Waals surface area contributed by atoms with E-state index in [1.807, 2.05) is 26.3 Å². The van der Waals surface area contributed by atoms with Gasteiger partial charge in [-0.25, -0.2) is 4.68 Å². The molecule has 33 heavy (non-hydrogen) atoms. The summed E-state index contributed by atoms with van der Waals surface area (Å²) in [6, 6.07) is 5.34. The van der Waals surface area contributed by atoms with Gasteiger partial charge in [-0.3, -0.25) is 9.59 Å². The van der Waals surface area contributed by atoms with Crippen molar-refractivity contribution in [2.45, 2.75) is 56.4 Å². The number of hydrogen-bond donors (Lipinski definition) is 0. The van der Waals surface area contributed by atoms with Crippen LogP contribution in [-0.4, -0.2) is 27.6 Å². The second-order valence-corrected chi connectivity index (χ2v) is 9.68. The van der Waals surface area contributed by atoms with Crippen molar-refractivity contribution in [3.8, 4) is 5.88 Å². The fourth-order valence-corrected chi connectivity index (χ4v) is 5.22. The van der Waals surface area contributed by atoms with Crippen LogP contribution in [0.4, 0.5) is 0 Å². The van der Waals surface area contributed by atoms with E-state index in [4.69, 9.17) is 16.3 Å². The molecule has 1 heterocycles. The number of allylic oxidation sites excluding steroid dienone is 2. The minimum absolute atomic E-state index is 0.0454. The summed E-state index contributed by atoms with van der Waals surface area (Å²) in [5.41, 5.74) is 1.77. The van der Waals surface area contributed by atoms with Gasteiger partial charge in [0.05, 0.1) is 16.3 Å². The molecule has 0 N–H and O–H groups in total. The molecule has 0 saturated heterocycles. The van der Waals surface area contributed by atoms with E-state index in [2.05, 4.69) is 10.3 Å². The monoisotopic (exact) mass is 487 g/mol. The highest BCUT2D eigenvalue weighted by atomic mass is 35.5. The molecule has 0 spiro atoms. The molecule has 7 nitrogen and oxygen atoms in total. The Bertz CT molecular complexity index is 1150. The average Bonchev–Trinajstić information content (AvgIpc) is 3.60. The van der Waals surface area contributed by atoms with E-state index < -0.39 is 5.78 Å². The number of rotatable bonds is 9. The molecular weight excluding hydrogens is 462 g/mol. The number of benzene rings is 1. The van der Waals surface area contributed by atoms with E-state index in [0.717, 1.165) is 23.4 Å². The number of ketones is 2. The lowest BCUT2D eigenvalue weighted by molar-refractivity contribution is -0.116. The molecule has 1 aromatic heterocycles. The lowest BCUT2D eigenvalue weighted by Gasteiger charge is -2.22. The van der Waals surface area contributed by atoms with Gasteiger partial charge in [-0.05, 0) is 49.2 Å². The van der Waals surface area contributed by atoms with Crippen LogP contribution in [0.2, 0.25) is 5.02 Å². The first-order valence-electron chi connectivity index (χ1n) is 11.1. The van der Waals surface area contributed by atoms with Crippen LogP contribution in [0.15, 0.2) is 39.5 Å². The molecule has 9 heteroatoms. The van der Waals surface area contributed by atoms with Gasteiger partial charge in [0.1, 0.15) is 12.3 Å². The number of carbonyl (C=O) groups is 2. The lowest BCUT2D eigenvalue weighted by Crippen LogP contribution is -2.24. The molecule has 1 atom stereocenters. The standard InChI is InChI=1S/C24H26ClN3O4S/c1-4-13-7-9-18(29)21(23(13)27-31)24(30)15-8-10-19(33-3)16(22(15)25)12-32-20-11-17(14-5-6-14)26-28(20)2/h8,10-11,13-14H,4-7,9,12H2,1-3H3. The predicted molar refractivity (Wildman–Crippen MR) is 128 cm³/mol. The minimum atomic E-state index is -0.553. The first-order chi connectivity index (χ1) is 15.9. The van der Waals surface area contributed by atoms with Gasteiger partial charge in [-0.1, -0.05) is 18.5 Å². The van der Waals surface area contributed by atoms with Gasteiger partial charge in [0.25, 0.3) is 0 Å². The Labute approximate surface area is 201 Å². The zero-order valence-corrected chi connectivity index (χ0v) is 20.5. The van der Waals surface area contributed by atoms with Crippen LogP contribution in [0.1, 0.15) is 66.6 Å². The van der Waals surface area contributed by atoms with E-state index in [1.54, 1.807) is 16.8 Å². The number of hydrogen-bond acceptors (Lipinski definition) is 7. The number of Topliss-reactive ketones (excluding diaryl/α,β-unsaturated/α-hetero) is 2. The summed E-state index contributed by atoms with van der Waals surface area (Å²) in [5, 5.41) is 7.81. The van der Waals surface area contributed by atoms with Gasteiger partial charge in [0.2, 0.25) is 5.88 Å². The normalized spacial score (nSPS) is 18.5. The van der Waals surface area contributed by atoms with E-state index >= 15 is 0 Å². The molecule has 2 aliphatic carbocycles. The number of ether oxygens (including phenoxy) is 1. The third-order valence-corrected chi connectivity index (χ3v) is 7.59. The van der Waals surface area contributed by atoms with Crippen LogP contribution < -0.4 is 4.74 Å². The van der Waals surface area contributed by atoms with Crippen molar-refractivity contribution in [2.24, 2.45) is 18.1 Å². The highest BCUT2D eigenvalue weighted by molar-refractivity contribution is 7.98. The van der Waals surface area contributed by atoms with Crippen LogP contribution >= 0.6 is 23.4 Å². The van der Waals surface area contributed by atoms with Crippen molar-refractivity contribution in [1.82, 2.24) is 9.78 Å². The number of nitroso groups, excluding NO2 is 1. The molecule has 1 saturated carbocycles. The first-order valence-corrected chi connectivity index (χ1v) is 12.7. The number of aromatic nitrogens is 2. The summed E-state index contributed by atoms with van der Waals surface area (Å²) in [7, 11) is 1.83. The molecule has 174 valence electrons. The Balaban J connectivity index is 1.67. The molecule has 0 radical (unpaired) electrons. The van der Waals surface area contributed by atoms with Gasteiger partial charge >= 0.3 is 0 Å². The fourth-order valence-electron chi connectivity index (χ4n) is 4.24. The Kier molecular flexibility index (Phi) is 7.05. The van der Waals surface area contributed by atoms with Crippen LogP contribution in [0.5, 0.6) is 5.88 Å². The molecule has 4 rings (SSSR count). The molecular formula is C24H26ClN3O4S. The maximum absolute atomic E-state index is 13.4. The highest BCUT2D eigenvalue weighted by Crippen LogP contribution is 2.41. The molecule has 2 aliphatic rings. The van der Waals surface area contributed by atoms with Gasteiger partial charge < -0.3 is 4.74 Å². The maximum Gasteiger partial charge on any atom is 0.212 e. The topological polar surface area (TPSA) is 90.6 Å².